The van der Waals surface area contributed by atoms with Crippen molar-refractivity contribution in [3.05, 3.63) is 59.9 Å². The van der Waals surface area contributed by atoms with Crippen molar-refractivity contribution in [1.29, 1.82) is 0 Å². The quantitative estimate of drug-likeness (QED) is 0.824. The molecule has 0 atom stereocenters. The van der Waals surface area contributed by atoms with Crippen LogP contribution in [-0.4, -0.2) is 40.5 Å². The number of carbonyl (C=O) groups is 1. The molecule has 136 valence electrons. The molecule has 5 nitrogen and oxygen atoms in total. The molecule has 1 aromatic heterocycles. The van der Waals surface area contributed by atoms with E-state index in [9.17, 15) is 4.79 Å². The second-order valence-corrected chi connectivity index (χ2v) is 7.26. The average molecular weight is 351 g/mol. The Bertz CT molecular complexity index is 742. The molecule has 0 unspecified atom stereocenters. The molecule has 3 heterocycles. The van der Waals surface area contributed by atoms with Gasteiger partial charge in [-0.05, 0) is 62.0 Å². The highest BCUT2D eigenvalue weighted by molar-refractivity contribution is 5.73. The summed E-state index contributed by atoms with van der Waals surface area (Å²) in [5.74, 6) is 1.40. The van der Waals surface area contributed by atoms with E-state index in [0.717, 1.165) is 38.2 Å². The Labute approximate surface area is 154 Å². The number of piperidine rings is 1. The highest BCUT2D eigenvalue weighted by atomic mass is 16.6. The van der Waals surface area contributed by atoms with Gasteiger partial charge in [0.1, 0.15) is 5.75 Å². The van der Waals surface area contributed by atoms with Gasteiger partial charge in [0.15, 0.2) is 0 Å². The first-order chi connectivity index (χ1) is 12.8. The van der Waals surface area contributed by atoms with Crippen LogP contribution in [0.4, 0.5) is 4.79 Å². The van der Waals surface area contributed by atoms with E-state index >= 15 is 0 Å². The van der Waals surface area contributed by atoms with Gasteiger partial charge in [-0.3, -0.25) is 9.88 Å². The Morgan fingerprint density at radius 3 is 2.65 bits per heavy atom. The van der Waals surface area contributed by atoms with Crippen LogP contribution in [0.1, 0.15) is 30.4 Å². The minimum atomic E-state index is -0.209. The standard InChI is InChI=1S/C21H25N3O2/c25-21-24(16-19-3-1-2-4-20(19)26-21)14-9-17-7-12-23(13-8-17)15-18-5-10-22-11-6-18/h1-6,10-11,17H,7-9,12-16H2. The number of ether oxygens (including phenoxy) is 1. The molecule has 2 aliphatic rings. The monoisotopic (exact) mass is 351 g/mol. The summed E-state index contributed by atoms with van der Waals surface area (Å²) in [4.78, 5) is 20.6. The summed E-state index contributed by atoms with van der Waals surface area (Å²) in [6, 6.07) is 12.0. The fourth-order valence-electron chi connectivity index (χ4n) is 3.85. The molecule has 1 amide bonds. The maximum atomic E-state index is 12.2. The summed E-state index contributed by atoms with van der Waals surface area (Å²) >= 11 is 0. The second-order valence-electron chi connectivity index (χ2n) is 7.26. The van der Waals surface area contributed by atoms with Gasteiger partial charge in [0.25, 0.3) is 0 Å². The van der Waals surface area contributed by atoms with Gasteiger partial charge >= 0.3 is 6.09 Å². The number of hydrogen-bond donors (Lipinski definition) is 0. The summed E-state index contributed by atoms with van der Waals surface area (Å²) in [7, 11) is 0. The van der Waals surface area contributed by atoms with E-state index in [2.05, 4.69) is 22.0 Å². The number of aromatic nitrogens is 1. The van der Waals surface area contributed by atoms with Crippen LogP contribution in [-0.2, 0) is 13.1 Å². The third-order valence-electron chi connectivity index (χ3n) is 5.46. The molecular weight excluding hydrogens is 326 g/mol. The van der Waals surface area contributed by atoms with Crippen molar-refractivity contribution in [3.63, 3.8) is 0 Å². The topological polar surface area (TPSA) is 45.7 Å². The SMILES string of the molecule is O=C1Oc2ccccc2CN1CCC1CCN(Cc2ccncc2)CC1. The summed E-state index contributed by atoms with van der Waals surface area (Å²) in [6.07, 6.45) is 6.96. The van der Waals surface area contributed by atoms with Crippen LogP contribution in [0.15, 0.2) is 48.8 Å². The van der Waals surface area contributed by atoms with Crippen molar-refractivity contribution in [2.24, 2.45) is 5.92 Å². The molecule has 1 fully saturated rings. The van der Waals surface area contributed by atoms with Gasteiger partial charge in [-0.1, -0.05) is 18.2 Å². The van der Waals surface area contributed by atoms with E-state index in [1.807, 2.05) is 41.6 Å². The van der Waals surface area contributed by atoms with E-state index in [4.69, 9.17) is 4.74 Å². The maximum Gasteiger partial charge on any atom is 0.415 e. The number of carbonyl (C=O) groups excluding carboxylic acids is 1. The van der Waals surface area contributed by atoms with Crippen molar-refractivity contribution in [2.45, 2.75) is 32.4 Å². The van der Waals surface area contributed by atoms with E-state index < -0.39 is 0 Å². The molecule has 2 aliphatic heterocycles. The van der Waals surface area contributed by atoms with Crippen molar-refractivity contribution in [2.75, 3.05) is 19.6 Å². The van der Waals surface area contributed by atoms with Crippen LogP contribution in [0.25, 0.3) is 0 Å². The predicted molar refractivity (Wildman–Crippen MR) is 99.7 cm³/mol. The number of pyridine rings is 1. The summed E-state index contributed by atoms with van der Waals surface area (Å²) in [5, 5.41) is 0. The first-order valence-electron chi connectivity index (χ1n) is 9.44. The Morgan fingerprint density at radius 2 is 1.85 bits per heavy atom. The fourth-order valence-corrected chi connectivity index (χ4v) is 3.85. The minimum absolute atomic E-state index is 0.209. The van der Waals surface area contributed by atoms with Crippen LogP contribution in [0.3, 0.4) is 0 Å². The molecular formula is C21H25N3O2. The molecule has 1 aromatic carbocycles. The van der Waals surface area contributed by atoms with E-state index in [1.165, 1.54) is 18.4 Å². The Kier molecular flexibility index (Phi) is 5.16. The third kappa shape index (κ3) is 4.05. The Balaban J connectivity index is 1.23. The molecule has 2 aromatic rings. The fraction of sp³-hybridized carbons (Fsp3) is 0.429. The van der Waals surface area contributed by atoms with Gasteiger partial charge in [0, 0.05) is 31.0 Å². The lowest BCUT2D eigenvalue weighted by molar-refractivity contribution is 0.125. The van der Waals surface area contributed by atoms with Crippen LogP contribution < -0.4 is 4.74 Å². The number of nitrogens with zero attached hydrogens (tertiary/aromatic N) is 3. The molecule has 0 saturated carbocycles. The zero-order valence-corrected chi connectivity index (χ0v) is 15.0. The lowest BCUT2D eigenvalue weighted by Gasteiger charge is -2.34. The van der Waals surface area contributed by atoms with Gasteiger partial charge in [0.05, 0.1) is 6.54 Å². The number of fused-ring (bicyclic) bond motifs is 1. The molecule has 0 bridgehead atoms. The first kappa shape index (κ1) is 17.0. The van der Waals surface area contributed by atoms with Crippen molar-refractivity contribution in [3.8, 4) is 5.75 Å². The van der Waals surface area contributed by atoms with Gasteiger partial charge in [-0.25, -0.2) is 4.79 Å². The maximum absolute atomic E-state index is 12.2. The zero-order chi connectivity index (χ0) is 17.8. The number of amides is 1. The van der Waals surface area contributed by atoms with E-state index in [-0.39, 0.29) is 6.09 Å². The van der Waals surface area contributed by atoms with Gasteiger partial charge < -0.3 is 9.64 Å². The highest BCUT2D eigenvalue weighted by Crippen LogP contribution is 2.27. The Morgan fingerprint density at radius 1 is 1.08 bits per heavy atom. The molecule has 0 spiro atoms. The van der Waals surface area contributed by atoms with Gasteiger partial charge in [0.2, 0.25) is 0 Å². The van der Waals surface area contributed by atoms with Gasteiger partial charge in [-0.2, -0.15) is 0 Å². The van der Waals surface area contributed by atoms with Crippen LogP contribution >= 0.6 is 0 Å². The number of likely N-dealkylation sites (tertiary alicyclic amines) is 1. The lowest BCUT2D eigenvalue weighted by Crippen LogP contribution is -2.39. The second kappa shape index (κ2) is 7.87. The predicted octanol–water partition coefficient (Wildman–Crippen LogP) is 3.70. The third-order valence-corrected chi connectivity index (χ3v) is 5.46. The van der Waals surface area contributed by atoms with E-state index in [0.29, 0.717) is 18.2 Å². The van der Waals surface area contributed by atoms with Crippen molar-refractivity contribution < 1.29 is 9.53 Å². The lowest BCUT2D eigenvalue weighted by atomic mass is 9.93. The first-order valence-corrected chi connectivity index (χ1v) is 9.44. The average Bonchev–Trinajstić information content (AvgIpc) is 2.68. The smallest absolute Gasteiger partial charge is 0.410 e. The molecule has 4 rings (SSSR count). The summed E-state index contributed by atoms with van der Waals surface area (Å²) in [6.45, 7) is 4.70. The number of rotatable bonds is 5. The molecule has 0 N–H and O–H groups in total. The van der Waals surface area contributed by atoms with Crippen molar-refractivity contribution >= 4 is 6.09 Å². The summed E-state index contributed by atoms with van der Waals surface area (Å²) < 4.78 is 5.44. The molecule has 0 radical (unpaired) electrons. The Hall–Kier alpha value is -2.40. The number of para-hydroxylation sites is 1. The highest BCUT2D eigenvalue weighted by Gasteiger charge is 2.26. The van der Waals surface area contributed by atoms with Crippen LogP contribution in [0.5, 0.6) is 5.75 Å². The summed E-state index contributed by atoms with van der Waals surface area (Å²) in [5.41, 5.74) is 2.42. The van der Waals surface area contributed by atoms with Gasteiger partial charge in [-0.15, -0.1) is 0 Å². The number of benzene rings is 1. The minimum Gasteiger partial charge on any atom is -0.410 e. The normalized spacial score (nSPS) is 18.5. The zero-order valence-electron chi connectivity index (χ0n) is 15.0. The molecule has 0 aliphatic carbocycles. The van der Waals surface area contributed by atoms with Crippen LogP contribution in [0.2, 0.25) is 0 Å². The van der Waals surface area contributed by atoms with Crippen LogP contribution in [0, 0.1) is 5.92 Å². The molecule has 1 saturated heterocycles. The largest absolute Gasteiger partial charge is 0.415 e. The van der Waals surface area contributed by atoms with Crippen molar-refractivity contribution in [1.82, 2.24) is 14.8 Å². The van der Waals surface area contributed by atoms with E-state index in [1.54, 1.807) is 0 Å². The number of hydrogen-bond acceptors (Lipinski definition) is 4. The molecule has 5 heteroatoms. The molecule has 26 heavy (non-hydrogen) atoms.